The Hall–Kier alpha value is -4.23. The van der Waals surface area contributed by atoms with Crippen LogP contribution < -0.4 is 10.5 Å². The van der Waals surface area contributed by atoms with Crippen LogP contribution in [0.5, 0.6) is 11.5 Å². The van der Waals surface area contributed by atoms with Crippen LogP contribution in [0.4, 0.5) is 0 Å². The minimum atomic E-state index is -2.97. The van der Waals surface area contributed by atoms with Gasteiger partial charge < -0.3 is 36.0 Å². The van der Waals surface area contributed by atoms with Gasteiger partial charge in [0.1, 0.15) is 28.6 Å². The number of likely N-dealkylation sites (tertiary alicyclic amines) is 1. The Kier molecular flexibility index (Phi) is 7.75. The third-order valence-corrected chi connectivity index (χ3v) is 10.3. The second kappa shape index (κ2) is 11.2. The molecular formula is C34H39N3O9. The lowest BCUT2D eigenvalue weighted by Gasteiger charge is -2.53. The van der Waals surface area contributed by atoms with E-state index in [2.05, 4.69) is 4.90 Å². The number of aliphatic hydroxyl groups is 4. The smallest absolute Gasteiger partial charge is 0.255 e. The molecule has 6 atom stereocenters. The number of ketones is 2. The number of rotatable bonds is 6. The van der Waals surface area contributed by atoms with Gasteiger partial charge in [-0.05, 0) is 69.2 Å². The predicted octanol–water partition coefficient (Wildman–Crippen LogP) is 1.77. The number of hydrogen-bond acceptors (Lipinski definition) is 11. The van der Waals surface area contributed by atoms with Gasteiger partial charge in [0.2, 0.25) is 5.78 Å². The summed E-state index contributed by atoms with van der Waals surface area (Å²) >= 11 is 0. The van der Waals surface area contributed by atoms with Crippen LogP contribution in [0.25, 0.3) is 16.9 Å². The highest BCUT2D eigenvalue weighted by Gasteiger charge is 2.68. The molecule has 0 aromatic heterocycles. The average Bonchev–Trinajstić information content (AvgIpc) is 3.51. The Morgan fingerprint density at radius 1 is 1.09 bits per heavy atom. The number of ether oxygens (including phenoxy) is 1. The first-order valence-electron chi connectivity index (χ1n) is 15.3. The molecule has 4 aliphatic rings. The number of carbonyl (C=O) groups is 3. The Morgan fingerprint density at radius 2 is 1.76 bits per heavy atom. The highest BCUT2D eigenvalue weighted by atomic mass is 16.5. The summed E-state index contributed by atoms with van der Waals surface area (Å²) < 4.78 is 5.62. The Bertz CT molecular complexity index is 1720. The number of aromatic hydroxyl groups is 1. The lowest BCUT2D eigenvalue weighted by molar-refractivity contribution is -0.169. The van der Waals surface area contributed by atoms with Crippen molar-refractivity contribution in [2.24, 2.45) is 17.6 Å². The van der Waals surface area contributed by atoms with Gasteiger partial charge >= 0.3 is 0 Å². The zero-order valence-electron chi connectivity index (χ0n) is 26.1. The molecule has 12 nitrogen and oxygen atoms in total. The van der Waals surface area contributed by atoms with E-state index in [1.165, 1.54) is 26.1 Å². The highest BCUT2D eigenvalue weighted by Crippen LogP contribution is 2.57. The molecule has 6 rings (SSSR count). The number of fused-ring (bicyclic) bond motifs is 3. The summed E-state index contributed by atoms with van der Waals surface area (Å²) in [7, 11) is 4.45. The van der Waals surface area contributed by atoms with Gasteiger partial charge in [-0.1, -0.05) is 25.1 Å². The molecule has 7 N–H and O–H groups in total. The summed E-state index contributed by atoms with van der Waals surface area (Å²) in [6, 6.07) is 7.66. The topological polar surface area (TPSA) is 194 Å². The lowest BCUT2D eigenvalue weighted by Crippen LogP contribution is -2.70. The summed E-state index contributed by atoms with van der Waals surface area (Å²) in [4.78, 5) is 43.6. The van der Waals surface area contributed by atoms with Gasteiger partial charge in [0.05, 0.1) is 30.7 Å². The third kappa shape index (κ3) is 4.38. The highest BCUT2D eigenvalue weighted by molar-refractivity contribution is 6.24. The molecule has 244 valence electrons. The van der Waals surface area contributed by atoms with Crippen molar-refractivity contribution >= 4 is 23.2 Å². The number of likely N-dealkylation sites (N-methyl/N-ethyl adjacent to an activating group) is 1. The fraction of sp³-hybridized carbons (Fsp3) is 0.441. The first kappa shape index (κ1) is 31.7. The maximum Gasteiger partial charge on any atom is 0.255 e. The molecule has 2 aromatic rings. The SMILES string of the molecule is COc1ccc(CN2CCCC2)cc1-c1ccc2c(c1O)C(O)=C1C(=O)[C@@]3(O)C(O)=C(C(N)=O)C(=O)[C@H](N(C)C)[C@H]3[C@H](O)[C@H]1[C@@H]2C. The molecule has 2 fully saturated rings. The number of benzene rings is 2. The average molecular weight is 634 g/mol. The van der Waals surface area contributed by atoms with Crippen LogP contribution in [-0.4, -0.2) is 105 Å². The minimum absolute atomic E-state index is 0.0690. The van der Waals surface area contributed by atoms with E-state index in [0.29, 0.717) is 29.0 Å². The van der Waals surface area contributed by atoms with E-state index >= 15 is 0 Å². The van der Waals surface area contributed by atoms with Crippen molar-refractivity contribution in [1.82, 2.24) is 9.80 Å². The van der Waals surface area contributed by atoms with Crippen LogP contribution in [0.15, 0.2) is 47.2 Å². The van der Waals surface area contributed by atoms with Gasteiger partial charge in [-0.2, -0.15) is 0 Å². The molecule has 1 aliphatic heterocycles. The van der Waals surface area contributed by atoms with E-state index in [0.717, 1.165) is 31.5 Å². The number of amides is 1. The van der Waals surface area contributed by atoms with Crippen molar-refractivity contribution in [2.45, 2.75) is 50.0 Å². The van der Waals surface area contributed by atoms with Crippen LogP contribution >= 0.6 is 0 Å². The Balaban J connectivity index is 1.53. The van der Waals surface area contributed by atoms with E-state index in [1.54, 1.807) is 19.1 Å². The van der Waals surface area contributed by atoms with Crippen LogP contribution in [0, 0.1) is 11.8 Å². The number of hydrogen-bond donors (Lipinski definition) is 6. The maximum atomic E-state index is 14.3. The number of aliphatic hydroxyl groups excluding tert-OH is 3. The number of nitrogens with zero attached hydrogens (tertiary/aromatic N) is 2. The van der Waals surface area contributed by atoms with E-state index in [4.69, 9.17) is 10.5 Å². The van der Waals surface area contributed by atoms with Gasteiger partial charge in [-0.3, -0.25) is 24.2 Å². The van der Waals surface area contributed by atoms with Gasteiger partial charge in [0, 0.05) is 29.2 Å². The minimum Gasteiger partial charge on any atom is -0.508 e. The van der Waals surface area contributed by atoms with Crippen molar-refractivity contribution in [1.29, 1.82) is 0 Å². The van der Waals surface area contributed by atoms with Crippen LogP contribution in [-0.2, 0) is 20.9 Å². The van der Waals surface area contributed by atoms with E-state index in [1.807, 2.05) is 18.2 Å². The van der Waals surface area contributed by atoms with E-state index < -0.39 is 75.6 Å². The van der Waals surface area contributed by atoms with Gasteiger partial charge in [0.25, 0.3) is 5.91 Å². The molecule has 0 unspecified atom stereocenters. The molecule has 0 bridgehead atoms. The molecule has 3 aliphatic carbocycles. The van der Waals surface area contributed by atoms with Crippen molar-refractivity contribution in [2.75, 3.05) is 34.3 Å². The quantitative estimate of drug-likeness (QED) is 0.254. The number of methoxy groups -OCH3 is 1. The summed E-state index contributed by atoms with van der Waals surface area (Å²) in [5.41, 5.74) is 3.29. The molecule has 1 heterocycles. The largest absolute Gasteiger partial charge is 0.508 e. The Morgan fingerprint density at radius 3 is 2.37 bits per heavy atom. The molecular weight excluding hydrogens is 594 g/mol. The first-order chi connectivity index (χ1) is 21.7. The molecule has 1 amide bonds. The van der Waals surface area contributed by atoms with Crippen molar-refractivity contribution in [3.63, 3.8) is 0 Å². The molecule has 46 heavy (non-hydrogen) atoms. The maximum absolute atomic E-state index is 14.3. The second-order valence-corrected chi connectivity index (χ2v) is 13.0. The number of phenols is 1. The van der Waals surface area contributed by atoms with Gasteiger partial charge in [-0.15, -0.1) is 0 Å². The summed E-state index contributed by atoms with van der Waals surface area (Å²) in [5, 5.41) is 58.4. The predicted molar refractivity (Wildman–Crippen MR) is 167 cm³/mol. The molecule has 2 aromatic carbocycles. The lowest BCUT2D eigenvalue weighted by atomic mass is 9.54. The van der Waals surface area contributed by atoms with Gasteiger partial charge in [0.15, 0.2) is 11.4 Å². The fourth-order valence-electron chi connectivity index (χ4n) is 8.10. The van der Waals surface area contributed by atoms with Crippen LogP contribution in [0.3, 0.4) is 0 Å². The number of primary amides is 1. The summed E-state index contributed by atoms with van der Waals surface area (Å²) in [6.45, 7) is 4.40. The molecule has 1 saturated heterocycles. The monoisotopic (exact) mass is 633 g/mol. The van der Waals surface area contributed by atoms with Crippen molar-refractivity contribution < 1.29 is 44.7 Å². The van der Waals surface area contributed by atoms with Crippen molar-refractivity contribution in [3.8, 4) is 22.6 Å². The molecule has 1 saturated carbocycles. The summed E-state index contributed by atoms with van der Waals surface area (Å²) in [6.07, 6.45) is 0.614. The van der Waals surface area contributed by atoms with Crippen LogP contribution in [0.1, 0.15) is 42.4 Å². The third-order valence-electron chi connectivity index (χ3n) is 10.3. The molecule has 0 radical (unpaired) electrons. The number of Topliss-reactive ketones (excluding diaryl/α,β-unsaturated/α-hetero) is 2. The zero-order chi connectivity index (χ0) is 33.4. The van der Waals surface area contributed by atoms with Crippen molar-refractivity contribution in [3.05, 3.63) is 63.9 Å². The van der Waals surface area contributed by atoms with E-state index in [-0.39, 0.29) is 11.3 Å². The molecule has 12 heteroatoms. The van der Waals surface area contributed by atoms with Crippen LogP contribution in [0.2, 0.25) is 0 Å². The summed E-state index contributed by atoms with van der Waals surface area (Å²) in [5.74, 6) is -8.76. The van der Waals surface area contributed by atoms with Gasteiger partial charge in [-0.25, -0.2) is 0 Å². The second-order valence-electron chi connectivity index (χ2n) is 13.0. The molecule has 0 spiro atoms. The number of nitrogens with two attached hydrogens (primary N) is 1. The fourth-order valence-corrected chi connectivity index (χ4v) is 8.10. The number of carbonyl (C=O) groups excluding carboxylic acids is 3. The normalized spacial score (nSPS) is 29.6. The number of phenolic OH excluding ortho intramolecular Hbond substituents is 1. The van der Waals surface area contributed by atoms with E-state index in [9.17, 15) is 39.9 Å². The zero-order valence-corrected chi connectivity index (χ0v) is 26.1. The first-order valence-corrected chi connectivity index (χ1v) is 15.3. The Labute approximate surface area is 266 Å². The standard InChI is InChI=1S/C34H39N3O9/c1-15-17-8-9-18(19-13-16(7-10-20(19)46-4)14-37-11-5-6-12-37)27(38)22(17)28(39)23-21(15)29(40)25-26(36(2)3)30(41)24(33(35)44)32(43)34(25,45)31(23)42/h7-10,13,15,21,25-26,29,38-40,43,45H,5-6,11-12,14H2,1-4H3,(H2,35,44)/t15-,21+,25+,26-,29-,34-/m1/s1.